The molecule has 0 spiro atoms. The molecule has 1 heterocycles. The Labute approximate surface area is 110 Å². The molecule has 0 aromatic heterocycles. The lowest BCUT2D eigenvalue weighted by molar-refractivity contribution is 0.263. The largest absolute Gasteiger partial charge is 0.492 e. The second-order valence-corrected chi connectivity index (χ2v) is 4.63. The van der Waals surface area contributed by atoms with E-state index < -0.39 is 13.4 Å². The summed E-state index contributed by atoms with van der Waals surface area (Å²) < 4.78 is 37.0. The Morgan fingerprint density at radius 3 is 2.32 bits per heavy atom. The molecule has 0 atom stereocenters. The Morgan fingerprint density at radius 1 is 1.11 bits per heavy atom. The first-order valence-electron chi connectivity index (χ1n) is 6.17. The van der Waals surface area contributed by atoms with E-state index in [1.165, 1.54) is 4.90 Å². The number of hydrogen-bond acceptors (Lipinski definition) is 3. The lowest BCUT2D eigenvalue weighted by atomic mass is 9.91. The molecule has 0 unspecified atom stereocenters. The number of anilines is 1. The molecule has 2 rings (SSSR count). The maximum absolute atomic E-state index is 12.3. The zero-order valence-corrected chi connectivity index (χ0v) is 10.4. The fourth-order valence-corrected chi connectivity index (χ4v) is 2.31. The number of nitrogens with zero attached hydrogens (tertiary/aromatic N) is 3. The lowest BCUT2D eigenvalue weighted by Gasteiger charge is -2.38. The van der Waals surface area contributed by atoms with E-state index in [1.807, 2.05) is 17.0 Å². The van der Waals surface area contributed by atoms with E-state index in [0.29, 0.717) is 31.7 Å². The van der Waals surface area contributed by atoms with Gasteiger partial charge in [-0.05, 0) is 18.6 Å². The Kier molecular flexibility index (Phi) is 4.00. The van der Waals surface area contributed by atoms with E-state index in [-0.39, 0.29) is 0 Å². The monoisotopic (exact) mass is 268 g/mol. The third kappa shape index (κ3) is 3.64. The van der Waals surface area contributed by atoms with Crippen LogP contribution < -0.4 is 4.90 Å². The molecule has 0 bridgehead atoms. The SMILES string of the molecule is N#Cc1ccccc1N1CCN(C[B-](F)(F)F)CC1. The van der Waals surface area contributed by atoms with Gasteiger partial charge in [-0.15, -0.1) is 0 Å². The zero-order valence-electron chi connectivity index (χ0n) is 10.4. The van der Waals surface area contributed by atoms with E-state index in [2.05, 4.69) is 6.07 Å². The van der Waals surface area contributed by atoms with Crippen LogP contribution in [0.4, 0.5) is 18.6 Å². The van der Waals surface area contributed by atoms with Gasteiger partial charge in [-0.25, -0.2) is 0 Å². The van der Waals surface area contributed by atoms with E-state index in [4.69, 9.17) is 5.26 Å². The molecule has 1 aromatic rings. The molecular formula is C12H14BF3N3-. The van der Waals surface area contributed by atoms with Crippen LogP contribution in [0.5, 0.6) is 0 Å². The summed E-state index contributed by atoms with van der Waals surface area (Å²) in [5, 5.41) is 9.02. The first kappa shape index (κ1) is 13.7. The van der Waals surface area contributed by atoms with Crippen LogP contribution in [0.3, 0.4) is 0 Å². The van der Waals surface area contributed by atoms with Gasteiger partial charge in [-0.1, -0.05) is 12.1 Å². The molecule has 3 nitrogen and oxygen atoms in total. The molecule has 19 heavy (non-hydrogen) atoms. The molecule has 0 aliphatic carbocycles. The van der Waals surface area contributed by atoms with Crippen molar-refractivity contribution in [2.24, 2.45) is 0 Å². The Balaban J connectivity index is 1.99. The summed E-state index contributed by atoms with van der Waals surface area (Å²) in [6.45, 7) is -2.97. The van der Waals surface area contributed by atoms with Gasteiger partial charge in [0.05, 0.1) is 11.3 Å². The van der Waals surface area contributed by atoms with Gasteiger partial charge in [0.25, 0.3) is 0 Å². The summed E-state index contributed by atoms with van der Waals surface area (Å²) in [6.07, 6.45) is -0.798. The number of rotatable bonds is 3. The molecule has 1 aliphatic heterocycles. The summed E-state index contributed by atoms with van der Waals surface area (Å²) >= 11 is 0. The fraction of sp³-hybridized carbons (Fsp3) is 0.417. The van der Waals surface area contributed by atoms with Crippen molar-refractivity contribution in [3.05, 3.63) is 29.8 Å². The van der Waals surface area contributed by atoms with Gasteiger partial charge < -0.3 is 22.7 Å². The molecule has 0 saturated carbocycles. The molecule has 0 radical (unpaired) electrons. The van der Waals surface area contributed by atoms with Crippen LogP contribution in [-0.2, 0) is 0 Å². The molecule has 0 N–H and O–H groups in total. The normalized spacial score (nSPS) is 17.3. The number of para-hydroxylation sites is 1. The van der Waals surface area contributed by atoms with Crippen LogP contribution in [0.25, 0.3) is 0 Å². The highest BCUT2D eigenvalue weighted by molar-refractivity contribution is 6.58. The number of nitriles is 1. The van der Waals surface area contributed by atoms with Gasteiger partial charge in [0.2, 0.25) is 0 Å². The van der Waals surface area contributed by atoms with Crippen LogP contribution in [0.15, 0.2) is 24.3 Å². The number of piperazine rings is 1. The number of benzene rings is 1. The van der Waals surface area contributed by atoms with Crippen molar-refractivity contribution >= 4 is 12.7 Å². The van der Waals surface area contributed by atoms with Crippen LogP contribution in [0.1, 0.15) is 5.56 Å². The second-order valence-electron chi connectivity index (χ2n) is 4.63. The quantitative estimate of drug-likeness (QED) is 0.786. The van der Waals surface area contributed by atoms with Crippen molar-refractivity contribution in [1.82, 2.24) is 4.90 Å². The van der Waals surface area contributed by atoms with Crippen LogP contribution in [-0.4, -0.2) is 44.5 Å². The van der Waals surface area contributed by atoms with Crippen molar-refractivity contribution in [1.29, 1.82) is 5.26 Å². The van der Waals surface area contributed by atoms with Gasteiger partial charge in [0, 0.05) is 26.2 Å². The highest BCUT2D eigenvalue weighted by atomic mass is 19.4. The molecule has 1 aromatic carbocycles. The van der Waals surface area contributed by atoms with Crippen LogP contribution in [0.2, 0.25) is 0 Å². The van der Waals surface area contributed by atoms with E-state index in [9.17, 15) is 12.9 Å². The van der Waals surface area contributed by atoms with Crippen molar-refractivity contribution in [2.45, 2.75) is 0 Å². The van der Waals surface area contributed by atoms with E-state index in [1.54, 1.807) is 12.1 Å². The van der Waals surface area contributed by atoms with Gasteiger partial charge in [-0.3, -0.25) is 0 Å². The number of halogens is 3. The highest BCUT2D eigenvalue weighted by Crippen LogP contribution is 2.21. The molecule has 1 aliphatic rings. The zero-order chi connectivity index (χ0) is 13.9. The summed E-state index contributed by atoms with van der Waals surface area (Å²) in [6, 6.07) is 9.29. The molecular weight excluding hydrogens is 254 g/mol. The minimum absolute atomic E-state index is 0.376. The fourth-order valence-electron chi connectivity index (χ4n) is 2.31. The molecule has 102 valence electrons. The van der Waals surface area contributed by atoms with Gasteiger partial charge in [0.15, 0.2) is 0 Å². The highest BCUT2D eigenvalue weighted by Gasteiger charge is 2.28. The average Bonchev–Trinajstić information content (AvgIpc) is 2.38. The minimum atomic E-state index is -4.76. The topological polar surface area (TPSA) is 30.3 Å². The average molecular weight is 268 g/mol. The van der Waals surface area contributed by atoms with Crippen molar-refractivity contribution in [2.75, 3.05) is 37.5 Å². The Morgan fingerprint density at radius 2 is 1.74 bits per heavy atom. The minimum Gasteiger partial charge on any atom is -0.448 e. The number of hydrogen-bond donors (Lipinski definition) is 0. The third-order valence-corrected chi connectivity index (χ3v) is 3.20. The predicted octanol–water partition coefficient (Wildman–Crippen LogP) is 2.07. The summed E-state index contributed by atoms with van der Waals surface area (Å²) in [7, 11) is 0. The van der Waals surface area contributed by atoms with Crippen LogP contribution >= 0.6 is 0 Å². The molecule has 7 heteroatoms. The Bertz CT molecular complexity index is 476. The third-order valence-electron chi connectivity index (χ3n) is 3.20. The van der Waals surface area contributed by atoms with Gasteiger partial charge in [-0.2, -0.15) is 5.26 Å². The van der Waals surface area contributed by atoms with Crippen molar-refractivity contribution < 1.29 is 12.9 Å². The summed E-state index contributed by atoms with van der Waals surface area (Å²) in [5.74, 6) is 0. The standard InChI is InChI=1S/C12H14BF3N3/c14-13(15,16)10-18-5-7-19(8-6-18)12-4-2-1-3-11(12)9-17/h1-4H,5-8,10H2/q-1. The first-order chi connectivity index (χ1) is 8.99. The van der Waals surface area contributed by atoms with Gasteiger partial charge >= 0.3 is 6.98 Å². The molecule has 0 amide bonds. The molecule has 1 saturated heterocycles. The maximum Gasteiger partial charge on any atom is 0.492 e. The smallest absolute Gasteiger partial charge is 0.448 e. The Hall–Kier alpha value is -1.68. The molecule has 1 fully saturated rings. The van der Waals surface area contributed by atoms with Crippen LogP contribution in [0, 0.1) is 11.3 Å². The van der Waals surface area contributed by atoms with E-state index in [0.717, 1.165) is 5.69 Å². The summed E-state index contributed by atoms with van der Waals surface area (Å²) in [4.78, 5) is 3.39. The maximum atomic E-state index is 12.3. The van der Waals surface area contributed by atoms with E-state index >= 15 is 0 Å². The summed E-state index contributed by atoms with van der Waals surface area (Å²) in [5.41, 5.74) is 1.37. The predicted molar refractivity (Wildman–Crippen MR) is 68.9 cm³/mol. The van der Waals surface area contributed by atoms with Crippen molar-refractivity contribution in [3.8, 4) is 6.07 Å². The first-order valence-corrected chi connectivity index (χ1v) is 6.17. The van der Waals surface area contributed by atoms with Gasteiger partial charge in [0.1, 0.15) is 6.07 Å². The second kappa shape index (κ2) is 5.53. The lowest BCUT2D eigenvalue weighted by Crippen LogP contribution is -2.50. The van der Waals surface area contributed by atoms with Crippen molar-refractivity contribution in [3.63, 3.8) is 0 Å².